The van der Waals surface area contributed by atoms with Crippen LogP contribution < -0.4 is 20.1 Å². The number of carbonyl (C=O) groups is 2. The summed E-state index contributed by atoms with van der Waals surface area (Å²) in [5.74, 6) is 1.51. The zero-order valence-electron chi connectivity index (χ0n) is 24.0. The van der Waals surface area contributed by atoms with E-state index in [9.17, 15) is 9.59 Å². The molecule has 0 saturated carbocycles. The van der Waals surface area contributed by atoms with Gasteiger partial charge in [0.1, 0.15) is 0 Å². The Kier molecular flexibility index (Phi) is 9.13. The van der Waals surface area contributed by atoms with E-state index in [-0.39, 0.29) is 23.8 Å². The number of aromatic nitrogens is 2. The molecule has 2 amide bonds. The number of nitrogens with one attached hydrogen (secondary N) is 2. The standard InChI is InChI=1S/C32H35N5O5/c1-21(22-10-5-4-6-11-22)33-32(39)25-13-7-8-14-26(25)34-31(38)24-12-9-17-37(19-24)20-29-35-30(36-42-29)23-15-16-27(40-2)28(18-23)41-3/h4-8,10-11,13-16,18,21,24H,9,12,17,19-20H2,1-3H3,(H,33,39)(H,34,38). The highest BCUT2D eigenvalue weighted by atomic mass is 16.5. The Hall–Kier alpha value is -4.70. The van der Waals surface area contributed by atoms with Crippen LogP contribution in [0.2, 0.25) is 0 Å². The van der Waals surface area contributed by atoms with Crippen molar-refractivity contribution in [1.29, 1.82) is 0 Å². The highest BCUT2D eigenvalue weighted by Crippen LogP contribution is 2.31. The predicted octanol–water partition coefficient (Wildman–Crippen LogP) is 5.10. The van der Waals surface area contributed by atoms with Gasteiger partial charge in [-0.2, -0.15) is 4.98 Å². The molecule has 10 nitrogen and oxygen atoms in total. The number of hydrogen-bond acceptors (Lipinski definition) is 8. The van der Waals surface area contributed by atoms with Crippen molar-refractivity contribution in [3.05, 3.63) is 89.8 Å². The maximum absolute atomic E-state index is 13.3. The lowest BCUT2D eigenvalue weighted by atomic mass is 9.96. The highest BCUT2D eigenvalue weighted by Gasteiger charge is 2.28. The van der Waals surface area contributed by atoms with Crippen molar-refractivity contribution >= 4 is 17.5 Å². The molecule has 2 N–H and O–H groups in total. The van der Waals surface area contributed by atoms with Crippen molar-refractivity contribution in [1.82, 2.24) is 20.4 Å². The second-order valence-electron chi connectivity index (χ2n) is 10.3. The number of hydrogen-bond donors (Lipinski definition) is 2. The van der Waals surface area contributed by atoms with Gasteiger partial charge in [-0.15, -0.1) is 0 Å². The second-order valence-corrected chi connectivity index (χ2v) is 10.3. The smallest absolute Gasteiger partial charge is 0.253 e. The summed E-state index contributed by atoms with van der Waals surface area (Å²) in [7, 11) is 3.16. The molecule has 0 radical (unpaired) electrons. The molecule has 1 aliphatic heterocycles. The molecule has 5 rings (SSSR count). The second kappa shape index (κ2) is 13.3. The first kappa shape index (κ1) is 28.8. The first-order chi connectivity index (χ1) is 20.4. The van der Waals surface area contributed by atoms with Crippen molar-refractivity contribution in [2.45, 2.75) is 32.4 Å². The normalized spacial score (nSPS) is 15.9. The van der Waals surface area contributed by atoms with E-state index in [1.807, 2.05) is 49.4 Å². The Morgan fingerprint density at radius 1 is 1.02 bits per heavy atom. The van der Waals surface area contributed by atoms with E-state index in [0.29, 0.717) is 47.6 Å². The van der Waals surface area contributed by atoms with Gasteiger partial charge in [0.2, 0.25) is 17.6 Å². The minimum Gasteiger partial charge on any atom is -0.493 e. The van der Waals surface area contributed by atoms with Crippen LogP contribution in [0, 0.1) is 5.92 Å². The van der Waals surface area contributed by atoms with Gasteiger partial charge in [-0.1, -0.05) is 47.6 Å². The summed E-state index contributed by atoms with van der Waals surface area (Å²) in [5.41, 5.74) is 2.68. The van der Waals surface area contributed by atoms with Gasteiger partial charge in [-0.05, 0) is 62.2 Å². The number of likely N-dealkylation sites (tertiary alicyclic amines) is 1. The molecule has 3 aromatic carbocycles. The molecule has 1 aliphatic rings. The molecular weight excluding hydrogens is 534 g/mol. The minimum absolute atomic E-state index is 0.118. The topological polar surface area (TPSA) is 119 Å². The van der Waals surface area contributed by atoms with Gasteiger partial charge in [0.05, 0.1) is 44.0 Å². The molecule has 0 aliphatic carbocycles. The highest BCUT2D eigenvalue weighted by molar-refractivity contribution is 6.04. The lowest BCUT2D eigenvalue weighted by Gasteiger charge is -2.31. The van der Waals surface area contributed by atoms with Gasteiger partial charge >= 0.3 is 0 Å². The van der Waals surface area contributed by atoms with Gasteiger partial charge in [-0.25, -0.2) is 0 Å². The number of methoxy groups -OCH3 is 2. The number of para-hydroxylation sites is 1. The quantitative estimate of drug-likeness (QED) is 0.271. The Morgan fingerprint density at radius 2 is 1.79 bits per heavy atom. The summed E-state index contributed by atoms with van der Waals surface area (Å²) in [6, 6.07) is 22.1. The third-order valence-electron chi connectivity index (χ3n) is 7.42. The number of piperidine rings is 1. The van der Waals surface area contributed by atoms with E-state index in [4.69, 9.17) is 14.0 Å². The first-order valence-electron chi connectivity index (χ1n) is 14.0. The van der Waals surface area contributed by atoms with Crippen molar-refractivity contribution in [2.24, 2.45) is 5.92 Å². The molecule has 42 heavy (non-hydrogen) atoms. The Bertz CT molecular complexity index is 1520. The number of rotatable bonds is 10. The van der Waals surface area contributed by atoms with E-state index in [0.717, 1.165) is 30.5 Å². The summed E-state index contributed by atoms with van der Waals surface area (Å²) in [5, 5.41) is 10.2. The molecule has 4 aromatic rings. The van der Waals surface area contributed by atoms with Crippen LogP contribution in [0.1, 0.15) is 47.6 Å². The minimum atomic E-state index is -0.244. The average molecular weight is 570 g/mol. The third-order valence-corrected chi connectivity index (χ3v) is 7.42. The summed E-state index contributed by atoms with van der Waals surface area (Å²) in [6.07, 6.45) is 1.61. The number of ether oxygens (including phenoxy) is 2. The lowest BCUT2D eigenvalue weighted by molar-refractivity contribution is -0.121. The van der Waals surface area contributed by atoms with Crippen LogP contribution in [-0.4, -0.2) is 54.2 Å². The summed E-state index contributed by atoms with van der Waals surface area (Å²) in [6.45, 7) is 3.72. The predicted molar refractivity (Wildman–Crippen MR) is 158 cm³/mol. The summed E-state index contributed by atoms with van der Waals surface area (Å²) < 4.78 is 16.2. The molecule has 2 heterocycles. The van der Waals surface area contributed by atoms with E-state index in [2.05, 4.69) is 25.7 Å². The van der Waals surface area contributed by atoms with E-state index >= 15 is 0 Å². The fourth-order valence-electron chi connectivity index (χ4n) is 5.14. The van der Waals surface area contributed by atoms with E-state index in [1.165, 1.54) is 0 Å². The van der Waals surface area contributed by atoms with Crippen LogP contribution in [0.5, 0.6) is 11.5 Å². The van der Waals surface area contributed by atoms with Crippen LogP contribution >= 0.6 is 0 Å². The summed E-state index contributed by atoms with van der Waals surface area (Å²) >= 11 is 0. The number of benzene rings is 3. The van der Waals surface area contributed by atoms with Gasteiger partial charge in [0.25, 0.3) is 5.91 Å². The van der Waals surface area contributed by atoms with E-state index < -0.39 is 0 Å². The van der Waals surface area contributed by atoms with Crippen molar-refractivity contribution in [3.8, 4) is 22.9 Å². The van der Waals surface area contributed by atoms with Crippen LogP contribution in [0.15, 0.2) is 77.3 Å². The van der Waals surface area contributed by atoms with Crippen molar-refractivity contribution in [2.75, 3.05) is 32.6 Å². The number of nitrogens with zero attached hydrogens (tertiary/aromatic N) is 3. The SMILES string of the molecule is COc1ccc(-c2noc(CN3CCCC(C(=O)Nc4ccccc4C(=O)NC(C)c4ccccc4)C3)n2)cc1OC. The molecule has 2 unspecified atom stereocenters. The number of carbonyl (C=O) groups excluding carboxylic acids is 2. The van der Waals surface area contributed by atoms with Crippen LogP contribution in [0.3, 0.4) is 0 Å². The molecule has 218 valence electrons. The largest absolute Gasteiger partial charge is 0.493 e. The Morgan fingerprint density at radius 3 is 2.57 bits per heavy atom. The van der Waals surface area contributed by atoms with Crippen molar-refractivity contribution < 1.29 is 23.6 Å². The third kappa shape index (κ3) is 6.77. The Balaban J connectivity index is 1.20. The van der Waals surface area contributed by atoms with Gasteiger partial charge < -0.3 is 24.6 Å². The Labute approximate surface area is 245 Å². The zero-order valence-corrected chi connectivity index (χ0v) is 24.0. The molecule has 0 bridgehead atoms. The average Bonchev–Trinajstić information content (AvgIpc) is 3.49. The molecule has 0 spiro atoms. The van der Waals surface area contributed by atoms with Crippen LogP contribution in [0.4, 0.5) is 5.69 Å². The monoisotopic (exact) mass is 569 g/mol. The zero-order chi connectivity index (χ0) is 29.5. The molecule has 1 saturated heterocycles. The van der Waals surface area contributed by atoms with Crippen molar-refractivity contribution in [3.63, 3.8) is 0 Å². The molecule has 2 atom stereocenters. The van der Waals surface area contributed by atoms with Crippen LogP contribution in [0.25, 0.3) is 11.4 Å². The van der Waals surface area contributed by atoms with Gasteiger partial charge in [-0.3, -0.25) is 14.5 Å². The maximum Gasteiger partial charge on any atom is 0.253 e. The van der Waals surface area contributed by atoms with Gasteiger partial charge in [0.15, 0.2) is 11.5 Å². The fraction of sp³-hybridized carbons (Fsp3) is 0.312. The fourth-order valence-corrected chi connectivity index (χ4v) is 5.14. The van der Waals surface area contributed by atoms with Crippen LogP contribution in [-0.2, 0) is 11.3 Å². The maximum atomic E-state index is 13.3. The van der Waals surface area contributed by atoms with Gasteiger partial charge in [0, 0.05) is 12.1 Å². The summed E-state index contributed by atoms with van der Waals surface area (Å²) in [4.78, 5) is 33.2. The molecule has 1 aromatic heterocycles. The first-order valence-corrected chi connectivity index (χ1v) is 14.0. The molecule has 1 fully saturated rings. The number of amides is 2. The number of anilines is 1. The molecular formula is C32H35N5O5. The molecule has 10 heteroatoms. The van der Waals surface area contributed by atoms with E-state index in [1.54, 1.807) is 44.6 Å². The lowest BCUT2D eigenvalue weighted by Crippen LogP contribution is -2.40.